The molecule has 0 radical (unpaired) electrons. The Kier molecular flexibility index (Phi) is 4.74. The van der Waals surface area contributed by atoms with Crippen molar-refractivity contribution in [3.8, 4) is 5.75 Å². The highest BCUT2D eigenvalue weighted by Crippen LogP contribution is 2.25. The van der Waals surface area contributed by atoms with Gasteiger partial charge in [-0.1, -0.05) is 6.92 Å². The van der Waals surface area contributed by atoms with Gasteiger partial charge in [-0.15, -0.1) is 0 Å². The summed E-state index contributed by atoms with van der Waals surface area (Å²) in [6.07, 6.45) is 3.49. The molecule has 1 fully saturated rings. The number of esters is 1. The van der Waals surface area contributed by atoms with Crippen LogP contribution in [0.25, 0.3) is 11.0 Å². The molecule has 128 valence electrons. The van der Waals surface area contributed by atoms with Crippen molar-refractivity contribution < 1.29 is 23.8 Å². The molecule has 6 nitrogen and oxygen atoms in total. The maximum atomic E-state index is 12.1. The summed E-state index contributed by atoms with van der Waals surface area (Å²) in [5, 5.41) is 10.2. The lowest BCUT2D eigenvalue weighted by Gasteiger charge is -2.30. The van der Waals surface area contributed by atoms with Gasteiger partial charge in [0.15, 0.2) is 6.61 Å². The summed E-state index contributed by atoms with van der Waals surface area (Å²) in [7, 11) is 0. The number of likely N-dealkylation sites (tertiary alicyclic amines) is 1. The first-order valence-corrected chi connectivity index (χ1v) is 8.15. The van der Waals surface area contributed by atoms with E-state index in [4.69, 9.17) is 9.15 Å². The molecule has 3 rings (SSSR count). The maximum Gasteiger partial charge on any atom is 0.310 e. The zero-order valence-corrected chi connectivity index (χ0v) is 13.7. The molecule has 0 unspecified atom stereocenters. The lowest BCUT2D eigenvalue weighted by Crippen LogP contribution is -2.40. The predicted octanol–water partition coefficient (Wildman–Crippen LogP) is 2.48. The van der Waals surface area contributed by atoms with Gasteiger partial charge in [0, 0.05) is 30.1 Å². The minimum absolute atomic E-state index is 0.0299. The highest BCUT2D eigenvalue weighted by atomic mass is 16.5. The number of phenols is 1. The number of amides is 1. The van der Waals surface area contributed by atoms with Crippen LogP contribution in [0, 0.1) is 5.92 Å². The van der Waals surface area contributed by atoms with E-state index >= 15 is 0 Å². The van der Waals surface area contributed by atoms with Crippen molar-refractivity contribution >= 4 is 22.8 Å². The smallest absolute Gasteiger partial charge is 0.310 e. The number of ether oxygens (including phenoxy) is 1. The summed E-state index contributed by atoms with van der Waals surface area (Å²) >= 11 is 0. The minimum Gasteiger partial charge on any atom is -0.508 e. The fourth-order valence-electron chi connectivity index (χ4n) is 2.91. The summed E-state index contributed by atoms with van der Waals surface area (Å²) in [4.78, 5) is 25.8. The maximum absolute atomic E-state index is 12.1. The van der Waals surface area contributed by atoms with E-state index in [1.54, 1.807) is 11.0 Å². The van der Waals surface area contributed by atoms with E-state index < -0.39 is 5.97 Å². The summed E-state index contributed by atoms with van der Waals surface area (Å²) in [5.41, 5.74) is 1.19. The molecule has 1 aromatic heterocycles. The molecule has 0 saturated carbocycles. The van der Waals surface area contributed by atoms with E-state index in [0.717, 1.165) is 31.3 Å². The molecule has 24 heavy (non-hydrogen) atoms. The van der Waals surface area contributed by atoms with Crippen LogP contribution in [0.5, 0.6) is 5.75 Å². The second-order valence-electron chi connectivity index (χ2n) is 6.34. The summed E-state index contributed by atoms with van der Waals surface area (Å²) < 4.78 is 10.4. The molecular formula is C18H21NO5. The first-order chi connectivity index (χ1) is 11.5. The van der Waals surface area contributed by atoms with Gasteiger partial charge in [0.05, 0.1) is 12.7 Å². The van der Waals surface area contributed by atoms with Crippen LogP contribution in [0.1, 0.15) is 25.3 Å². The van der Waals surface area contributed by atoms with Crippen molar-refractivity contribution in [2.45, 2.75) is 26.2 Å². The van der Waals surface area contributed by atoms with Crippen LogP contribution in [-0.4, -0.2) is 41.6 Å². The molecule has 0 atom stereocenters. The van der Waals surface area contributed by atoms with E-state index in [0.29, 0.717) is 17.1 Å². The van der Waals surface area contributed by atoms with Gasteiger partial charge < -0.3 is 19.2 Å². The Balaban J connectivity index is 1.52. The summed E-state index contributed by atoms with van der Waals surface area (Å²) in [6, 6.07) is 4.72. The highest BCUT2D eigenvalue weighted by molar-refractivity contribution is 5.87. The first kappa shape index (κ1) is 16.4. The van der Waals surface area contributed by atoms with Gasteiger partial charge in [-0.05, 0) is 30.9 Å². The molecule has 0 bridgehead atoms. The molecule has 1 saturated heterocycles. The minimum atomic E-state index is -0.468. The second kappa shape index (κ2) is 6.95. The Labute approximate surface area is 140 Å². The number of hydrogen-bond acceptors (Lipinski definition) is 5. The molecule has 6 heteroatoms. The molecule has 1 amide bonds. The molecule has 1 aliphatic heterocycles. The molecular weight excluding hydrogens is 310 g/mol. The molecule has 1 N–H and O–H groups in total. The first-order valence-electron chi connectivity index (χ1n) is 8.15. The Bertz CT molecular complexity index is 743. The average Bonchev–Trinajstić information content (AvgIpc) is 2.95. The zero-order chi connectivity index (χ0) is 17.1. The molecule has 1 aromatic carbocycles. The van der Waals surface area contributed by atoms with Crippen LogP contribution in [0.4, 0.5) is 0 Å². The third-order valence-corrected chi connectivity index (χ3v) is 4.47. The lowest BCUT2D eigenvalue weighted by molar-refractivity contribution is -0.152. The zero-order valence-electron chi connectivity index (χ0n) is 13.7. The van der Waals surface area contributed by atoms with Gasteiger partial charge in [0.2, 0.25) is 0 Å². The number of piperidine rings is 1. The average molecular weight is 331 g/mol. The number of fused-ring (bicyclic) bond motifs is 1. The second-order valence-corrected chi connectivity index (χ2v) is 6.34. The van der Waals surface area contributed by atoms with Crippen LogP contribution in [0.15, 0.2) is 28.9 Å². The molecule has 0 aliphatic carbocycles. The number of carbonyl (C=O) groups excluding carboxylic acids is 2. The monoisotopic (exact) mass is 331 g/mol. The van der Waals surface area contributed by atoms with E-state index in [1.165, 1.54) is 18.4 Å². The summed E-state index contributed by atoms with van der Waals surface area (Å²) in [6.45, 7) is 3.42. The molecule has 2 heterocycles. The SMILES string of the molecule is CC1CCN(C(=O)COC(=O)Cc2coc3cc(O)ccc23)CC1. The largest absolute Gasteiger partial charge is 0.508 e. The molecule has 2 aromatic rings. The van der Waals surface area contributed by atoms with Crippen molar-refractivity contribution in [3.05, 3.63) is 30.0 Å². The number of rotatable bonds is 4. The van der Waals surface area contributed by atoms with E-state index in [-0.39, 0.29) is 24.7 Å². The Morgan fingerprint density at radius 1 is 1.33 bits per heavy atom. The third-order valence-electron chi connectivity index (χ3n) is 4.47. The third kappa shape index (κ3) is 3.69. The normalized spacial score (nSPS) is 15.6. The number of benzene rings is 1. The fraction of sp³-hybridized carbons (Fsp3) is 0.444. The van der Waals surface area contributed by atoms with Crippen molar-refractivity contribution in [1.29, 1.82) is 0 Å². The van der Waals surface area contributed by atoms with Crippen LogP contribution >= 0.6 is 0 Å². The Morgan fingerprint density at radius 3 is 2.83 bits per heavy atom. The number of phenolic OH excluding ortho intramolecular Hbond substituents is 1. The van der Waals surface area contributed by atoms with Crippen LogP contribution in [-0.2, 0) is 20.7 Å². The molecule has 1 aliphatic rings. The number of nitrogens with zero attached hydrogens (tertiary/aromatic N) is 1. The Morgan fingerprint density at radius 2 is 2.08 bits per heavy atom. The van der Waals surface area contributed by atoms with Crippen LogP contribution in [0.3, 0.4) is 0 Å². The highest BCUT2D eigenvalue weighted by Gasteiger charge is 2.21. The van der Waals surface area contributed by atoms with E-state index in [2.05, 4.69) is 6.92 Å². The van der Waals surface area contributed by atoms with Gasteiger partial charge in [-0.3, -0.25) is 9.59 Å². The number of furan rings is 1. The standard InChI is InChI=1S/C18H21NO5/c1-12-4-6-19(7-5-12)17(21)11-24-18(22)8-13-10-23-16-9-14(20)2-3-15(13)16/h2-3,9-10,12,20H,4-8,11H2,1H3. The number of carbonyl (C=O) groups is 2. The topological polar surface area (TPSA) is 80.0 Å². The van der Waals surface area contributed by atoms with Gasteiger partial charge in [-0.25, -0.2) is 0 Å². The van der Waals surface area contributed by atoms with Crippen molar-refractivity contribution in [3.63, 3.8) is 0 Å². The van der Waals surface area contributed by atoms with Gasteiger partial charge >= 0.3 is 5.97 Å². The summed E-state index contributed by atoms with van der Waals surface area (Å²) in [5.74, 6) is 0.138. The molecule has 0 spiro atoms. The van der Waals surface area contributed by atoms with Gasteiger partial charge in [0.1, 0.15) is 11.3 Å². The quantitative estimate of drug-likeness (QED) is 0.871. The van der Waals surface area contributed by atoms with Gasteiger partial charge in [-0.2, -0.15) is 0 Å². The Hall–Kier alpha value is -2.50. The fourth-order valence-corrected chi connectivity index (χ4v) is 2.91. The van der Waals surface area contributed by atoms with Crippen LogP contribution in [0.2, 0.25) is 0 Å². The number of aromatic hydroxyl groups is 1. The van der Waals surface area contributed by atoms with Crippen molar-refractivity contribution in [2.75, 3.05) is 19.7 Å². The van der Waals surface area contributed by atoms with Gasteiger partial charge in [0.25, 0.3) is 5.91 Å². The lowest BCUT2D eigenvalue weighted by atomic mass is 9.99. The van der Waals surface area contributed by atoms with E-state index in [9.17, 15) is 14.7 Å². The number of hydrogen-bond donors (Lipinski definition) is 1. The van der Waals surface area contributed by atoms with Crippen molar-refractivity contribution in [1.82, 2.24) is 4.90 Å². The van der Waals surface area contributed by atoms with E-state index in [1.807, 2.05) is 0 Å². The van der Waals surface area contributed by atoms with Crippen LogP contribution < -0.4 is 0 Å². The van der Waals surface area contributed by atoms with Crippen molar-refractivity contribution in [2.24, 2.45) is 5.92 Å². The predicted molar refractivity (Wildman–Crippen MR) is 87.5 cm³/mol.